The van der Waals surface area contributed by atoms with Gasteiger partial charge < -0.3 is 14.6 Å². The van der Waals surface area contributed by atoms with Crippen molar-refractivity contribution in [3.05, 3.63) is 51.0 Å². The van der Waals surface area contributed by atoms with E-state index in [9.17, 15) is 9.59 Å². The second-order valence-electron chi connectivity index (χ2n) is 4.87. The summed E-state index contributed by atoms with van der Waals surface area (Å²) >= 11 is 4.99. The quantitative estimate of drug-likeness (QED) is 0.730. The fraction of sp³-hybridized carbons (Fsp3) is 0.250. The fourth-order valence-corrected chi connectivity index (χ4v) is 3.35. The number of carbonyl (C=O) groups is 2. The van der Waals surface area contributed by atoms with Crippen LogP contribution in [-0.2, 0) is 16.1 Å². The van der Waals surface area contributed by atoms with Crippen molar-refractivity contribution in [1.29, 1.82) is 0 Å². The van der Waals surface area contributed by atoms with Gasteiger partial charge >= 0.3 is 0 Å². The van der Waals surface area contributed by atoms with Gasteiger partial charge in [-0.1, -0.05) is 0 Å². The summed E-state index contributed by atoms with van der Waals surface area (Å²) in [5.74, 6) is 0.349. The van der Waals surface area contributed by atoms with Crippen molar-refractivity contribution in [2.45, 2.75) is 13.0 Å². The van der Waals surface area contributed by atoms with Crippen molar-refractivity contribution in [2.75, 3.05) is 13.6 Å². The van der Waals surface area contributed by atoms with E-state index in [0.29, 0.717) is 18.8 Å². The number of hydrogen-bond donors (Lipinski definition) is 1. The number of nitrogens with zero attached hydrogens (tertiary/aromatic N) is 1. The Hall–Kier alpha value is -1.86. The van der Waals surface area contributed by atoms with Crippen molar-refractivity contribution >= 4 is 45.2 Å². The fourth-order valence-electron chi connectivity index (χ4n) is 1.84. The van der Waals surface area contributed by atoms with Gasteiger partial charge in [0.1, 0.15) is 5.76 Å². The van der Waals surface area contributed by atoms with Crippen LogP contribution in [-0.4, -0.2) is 30.3 Å². The number of rotatable bonds is 7. The van der Waals surface area contributed by atoms with Gasteiger partial charge in [0.05, 0.1) is 12.8 Å². The predicted octanol–water partition coefficient (Wildman–Crippen LogP) is 3.28. The molecule has 1 N–H and O–H groups in total. The Morgan fingerprint density at radius 2 is 2.30 bits per heavy atom. The highest BCUT2D eigenvalue weighted by atomic mass is 79.9. The molecule has 2 heterocycles. The molecule has 0 saturated heterocycles. The average molecular weight is 397 g/mol. The molecular formula is C16H17BrN2O3S. The summed E-state index contributed by atoms with van der Waals surface area (Å²) in [6.07, 6.45) is 4.77. The summed E-state index contributed by atoms with van der Waals surface area (Å²) in [7, 11) is 1.76. The Morgan fingerprint density at radius 1 is 1.48 bits per heavy atom. The summed E-state index contributed by atoms with van der Waals surface area (Å²) in [5, 5.41) is 4.66. The van der Waals surface area contributed by atoms with E-state index in [1.54, 1.807) is 41.5 Å². The summed E-state index contributed by atoms with van der Waals surface area (Å²) in [6.45, 7) is 0.875. The maximum absolute atomic E-state index is 12.0. The van der Waals surface area contributed by atoms with E-state index < -0.39 is 0 Å². The topological polar surface area (TPSA) is 62.6 Å². The predicted molar refractivity (Wildman–Crippen MR) is 93.9 cm³/mol. The maximum atomic E-state index is 12.0. The van der Waals surface area contributed by atoms with Gasteiger partial charge in [-0.25, -0.2) is 0 Å². The molecule has 0 unspecified atom stereocenters. The summed E-state index contributed by atoms with van der Waals surface area (Å²) < 4.78 is 6.11. The van der Waals surface area contributed by atoms with Gasteiger partial charge in [0, 0.05) is 40.8 Å². The number of nitrogens with one attached hydrogen (secondary N) is 1. The Kier molecular flexibility index (Phi) is 6.61. The van der Waals surface area contributed by atoms with Gasteiger partial charge in [-0.2, -0.15) is 0 Å². The third kappa shape index (κ3) is 6.03. The van der Waals surface area contributed by atoms with Crippen molar-refractivity contribution in [3.63, 3.8) is 0 Å². The average Bonchev–Trinajstić information content (AvgIpc) is 3.16. The Labute approximate surface area is 147 Å². The van der Waals surface area contributed by atoms with E-state index in [1.165, 1.54) is 12.3 Å². The first kappa shape index (κ1) is 17.5. The van der Waals surface area contributed by atoms with Crippen molar-refractivity contribution in [3.8, 4) is 0 Å². The zero-order valence-electron chi connectivity index (χ0n) is 12.6. The SMILES string of the molecule is CN(Cc1cc(Br)cs1)C(=O)CCNC(=O)/C=C/c1ccco1. The smallest absolute Gasteiger partial charge is 0.244 e. The summed E-state index contributed by atoms with van der Waals surface area (Å²) in [5.41, 5.74) is 0. The molecule has 0 radical (unpaired) electrons. The Balaban J connectivity index is 1.68. The molecule has 0 atom stereocenters. The van der Waals surface area contributed by atoms with Crippen molar-refractivity contribution in [2.24, 2.45) is 0 Å². The minimum atomic E-state index is -0.251. The molecule has 7 heteroatoms. The number of hydrogen-bond acceptors (Lipinski definition) is 4. The lowest BCUT2D eigenvalue weighted by Crippen LogP contribution is -2.31. The lowest BCUT2D eigenvalue weighted by molar-refractivity contribution is -0.130. The van der Waals surface area contributed by atoms with Crippen LogP contribution in [0.2, 0.25) is 0 Å². The molecule has 122 valence electrons. The molecular weight excluding hydrogens is 380 g/mol. The highest BCUT2D eigenvalue weighted by molar-refractivity contribution is 9.10. The first-order valence-electron chi connectivity index (χ1n) is 7.01. The second-order valence-corrected chi connectivity index (χ2v) is 6.78. The summed E-state index contributed by atoms with van der Waals surface area (Å²) in [6, 6.07) is 5.50. The van der Waals surface area contributed by atoms with Crippen LogP contribution in [0, 0.1) is 0 Å². The van der Waals surface area contributed by atoms with Gasteiger partial charge in [0.15, 0.2) is 0 Å². The monoisotopic (exact) mass is 396 g/mol. The molecule has 0 fully saturated rings. The Bertz CT molecular complexity index is 679. The first-order valence-corrected chi connectivity index (χ1v) is 8.68. The van der Waals surface area contributed by atoms with E-state index in [-0.39, 0.29) is 18.2 Å². The Morgan fingerprint density at radius 3 is 2.96 bits per heavy atom. The molecule has 0 saturated carbocycles. The number of amides is 2. The van der Waals surface area contributed by atoms with Gasteiger partial charge in [-0.05, 0) is 40.2 Å². The third-order valence-corrected chi connectivity index (χ3v) is 4.70. The van der Waals surface area contributed by atoms with Crippen LogP contribution in [0.5, 0.6) is 0 Å². The molecule has 0 bridgehead atoms. The van der Waals surface area contributed by atoms with Crippen LogP contribution in [0.3, 0.4) is 0 Å². The zero-order chi connectivity index (χ0) is 16.7. The first-order chi connectivity index (χ1) is 11.0. The number of furan rings is 1. The van der Waals surface area contributed by atoms with Crippen LogP contribution in [0.1, 0.15) is 17.1 Å². The standard InChI is InChI=1S/C16H17BrN2O3S/c1-19(10-14-9-12(17)11-23-14)16(21)6-7-18-15(20)5-4-13-3-2-8-22-13/h2-5,8-9,11H,6-7,10H2,1H3,(H,18,20)/b5-4+. The third-order valence-electron chi connectivity index (χ3n) is 3.02. The maximum Gasteiger partial charge on any atom is 0.244 e. The lowest BCUT2D eigenvalue weighted by atomic mass is 10.3. The number of carbonyl (C=O) groups excluding carboxylic acids is 2. The molecule has 2 rings (SSSR count). The van der Waals surface area contributed by atoms with Crippen LogP contribution < -0.4 is 5.32 Å². The minimum Gasteiger partial charge on any atom is -0.465 e. The molecule has 2 aromatic rings. The molecule has 2 amide bonds. The van der Waals surface area contributed by atoms with E-state index >= 15 is 0 Å². The second kappa shape index (κ2) is 8.69. The van der Waals surface area contributed by atoms with Gasteiger partial charge in [-0.3, -0.25) is 9.59 Å². The largest absolute Gasteiger partial charge is 0.465 e. The van der Waals surface area contributed by atoms with E-state index in [1.807, 2.05) is 11.4 Å². The van der Waals surface area contributed by atoms with Crippen LogP contribution in [0.4, 0.5) is 0 Å². The van der Waals surface area contributed by atoms with Crippen molar-refractivity contribution < 1.29 is 14.0 Å². The summed E-state index contributed by atoms with van der Waals surface area (Å²) in [4.78, 5) is 26.4. The molecule has 0 spiro atoms. The zero-order valence-corrected chi connectivity index (χ0v) is 15.0. The molecule has 2 aromatic heterocycles. The highest BCUT2D eigenvalue weighted by Crippen LogP contribution is 2.20. The molecule has 0 aliphatic carbocycles. The number of thiophene rings is 1. The lowest BCUT2D eigenvalue weighted by Gasteiger charge is -2.16. The molecule has 0 aliphatic rings. The minimum absolute atomic E-state index is 0.00941. The molecule has 5 nitrogen and oxygen atoms in total. The van der Waals surface area contributed by atoms with Crippen LogP contribution in [0.15, 0.2) is 44.8 Å². The van der Waals surface area contributed by atoms with Gasteiger partial charge in [-0.15, -0.1) is 11.3 Å². The van der Waals surface area contributed by atoms with Gasteiger partial charge in [0.25, 0.3) is 0 Å². The van der Waals surface area contributed by atoms with E-state index in [4.69, 9.17) is 4.42 Å². The normalized spacial score (nSPS) is 10.9. The van der Waals surface area contributed by atoms with E-state index in [0.717, 1.165) is 9.35 Å². The highest BCUT2D eigenvalue weighted by Gasteiger charge is 2.10. The van der Waals surface area contributed by atoms with Crippen LogP contribution >= 0.6 is 27.3 Å². The molecule has 23 heavy (non-hydrogen) atoms. The van der Waals surface area contributed by atoms with Crippen molar-refractivity contribution in [1.82, 2.24) is 10.2 Å². The number of halogens is 1. The molecule has 0 aromatic carbocycles. The van der Waals surface area contributed by atoms with Gasteiger partial charge in [0.2, 0.25) is 11.8 Å². The van der Waals surface area contributed by atoms with E-state index in [2.05, 4.69) is 21.2 Å². The molecule has 0 aliphatic heterocycles. The van der Waals surface area contributed by atoms with Crippen LogP contribution in [0.25, 0.3) is 6.08 Å².